The molecular weight excluding hydrogens is 308 g/mol. The van der Waals surface area contributed by atoms with E-state index in [0.717, 1.165) is 12.8 Å². The lowest BCUT2D eigenvalue weighted by Gasteiger charge is -2.32. The molecular formula is C17H26N4O3. The van der Waals surface area contributed by atoms with Crippen LogP contribution in [0.25, 0.3) is 0 Å². The number of nitrogens with zero attached hydrogens (tertiary/aromatic N) is 2. The predicted octanol–water partition coefficient (Wildman–Crippen LogP) is 0.796. The maximum atomic E-state index is 12.8. The van der Waals surface area contributed by atoms with Crippen LogP contribution in [0.15, 0.2) is 18.3 Å². The summed E-state index contributed by atoms with van der Waals surface area (Å²) in [4.78, 5) is 30.8. The first kappa shape index (κ1) is 18.2. The first-order chi connectivity index (χ1) is 11.5. The summed E-state index contributed by atoms with van der Waals surface area (Å²) in [6.07, 6.45) is 3.10. The maximum Gasteiger partial charge on any atom is 0.276 e. The largest absolute Gasteiger partial charge is 0.489 e. The van der Waals surface area contributed by atoms with Gasteiger partial charge in [0.2, 0.25) is 5.91 Å². The molecule has 0 aromatic carbocycles. The average Bonchev–Trinajstić information content (AvgIpc) is 2.59. The van der Waals surface area contributed by atoms with E-state index in [1.807, 2.05) is 13.8 Å². The van der Waals surface area contributed by atoms with Gasteiger partial charge in [-0.15, -0.1) is 0 Å². The zero-order chi connectivity index (χ0) is 17.5. The number of hydrogen-bond donors (Lipinski definition) is 2. The fourth-order valence-electron chi connectivity index (χ4n) is 2.77. The Morgan fingerprint density at radius 3 is 3.00 bits per heavy atom. The van der Waals surface area contributed by atoms with E-state index in [1.54, 1.807) is 23.2 Å². The fraction of sp³-hybridized carbons (Fsp3) is 0.588. The third-order valence-corrected chi connectivity index (χ3v) is 3.86. The summed E-state index contributed by atoms with van der Waals surface area (Å²) in [5.74, 6) is 0.0415. The van der Waals surface area contributed by atoms with Crippen LogP contribution in [-0.2, 0) is 4.79 Å². The van der Waals surface area contributed by atoms with Crippen LogP contribution in [0.5, 0.6) is 5.75 Å². The minimum Gasteiger partial charge on any atom is -0.489 e. The molecule has 0 radical (unpaired) electrons. The van der Waals surface area contributed by atoms with Crippen molar-refractivity contribution < 1.29 is 14.3 Å². The summed E-state index contributed by atoms with van der Waals surface area (Å²) >= 11 is 0. The molecule has 132 valence electrons. The van der Waals surface area contributed by atoms with Crippen LogP contribution in [0.4, 0.5) is 0 Å². The molecule has 1 saturated heterocycles. The van der Waals surface area contributed by atoms with Crippen LogP contribution < -0.4 is 15.8 Å². The summed E-state index contributed by atoms with van der Waals surface area (Å²) in [5, 5.41) is 2.80. The SMILES string of the molecule is CC(C)Oc1cccnc1C(=O)N1CCCC(C(=O)NCCN)C1. The molecule has 1 aromatic rings. The molecule has 2 heterocycles. The highest BCUT2D eigenvalue weighted by atomic mass is 16.5. The highest BCUT2D eigenvalue weighted by Gasteiger charge is 2.30. The zero-order valence-electron chi connectivity index (χ0n) is 14.3. The Labute approximate surface area is 142 Å². The van der Waals surface area contributed by atoms with Gasteiger partial charge in [0, 0.05) is 32.4 Å². The third kappa shape index (κ3) is 4.67. The lowest BCUT2D eigenvalue weighted by Crippen LogP contribution is -2.46. The molecule has 1 fully saturated rings. The van der Waals surface area contributed by atoms with Crippen molar-refractivity contribution >= 4 is 11.8 Å². The van der Waals surface area contributed by atoms with Crippen LogP contribution in [0, 0.1) is 5.92 Å². The average molecular weight is 334 g/mol. The van der Waals surface area contributed by atoms with Gasteiger partial charge in [-0.05, 0) is 38.8 Å². The molecule has 1 aliphatic heterocycles. The summed E-state index contributed by atoms with van der Waals surface area (Å²) < 4.78 is 5.68. The van der Waals surface area contributed by atoms with Gasteiger partial charge in [0.15, 0.2) is 11.4 Å². The molecule has 2 rings (SSSR count). The Kier molecular flexibility index (Phi) is 6.54. The van der Waals surface area contributed by atoms with E-state index >= 15 is 0 Å². The summed E-state index contributed by atoms with van der Waals surface area (Å²) in [7, 11) is 0. The maximum absolute atomic E-state index is 12.8. The standard InChI is InChI=1S/C17H26N4O3/c1-12(2)24-14-6-3-8-19-15(14)17(23)21-10-4-5-13(11-21)16(22)20-9-7-18/h3,6,8,12-13H,4-5,7,9-11,18H2,1-2H3,(H,20,22). The van der Waals surface area contributed by atoms with Crippen LogP contribution in [-0.4, -0.2) is 54.0 Å². The van der Waals surface area contributed by atoms with Crippen molar-refractivity contribution in [2.45, 2.75) is 32.8 Å². The van der Waals surface area contributed by atoms with Gasteiger partial charge < -0.3 is 20.7 Å². The number of ether oxygens (including phenoxy) is 1. The molecule has 1 aliphatic rings. The van der Waals surface area contributed by atoms with Crippen LogP contribution in [0.3, 0.4) is 0 Å². The van der Waals surface area contributed by atoms with Crippen LogP contribution >= 0.6 is 0 Å². The molecule has 3 N–H and O–H groups in total. The fourth-order valence-corrected chi connectivity index (χ4v) is 2.77. The number of nitrogens with one attached hydrogen (secondary N) is 1. The van der Waals surface area contributed by atoms with Crippen molar-refractivity contribution in [2.75, 3.05) is 26.2 Å². The summed E-state index contributed by atoms with van der Waals surface area (Å²) in [5.41, 5.74) is 5.71. The summed E-state index contributed by atoms with van der Waals surface area (Å²) in [6, 6.07) is 3.49. The predicted molar refractivity (Wildman–Crippen MR) is 90.7 cm³/mol. The van der Waals surface area contributed by atoms with Gasteiger partial charge in [-0.25, -0.2) is 4.98 Å². The number of nitrogens with two attached hydrogens (primary N) is 1. The van der Waals surface area contributed by atoms with Crippen molar-refractivity contribution in [3.8, 4) is 5.75 Å². The number of piperidine rings is 1. The third-order valence-electron chi connectivity index (χ3n) is 3.86. The van der Waals surface area contributed by atoms with Gasteiger partial charge in [-0.2, -0.15) is 0 Å². The number of rotatable bonds is 6. The Hall–Kier alpha value is -2.15. The number of carbonyl (C=O) groups excluding carboxylic acids is 2. The van der Waals surface area contributed by atoms with E-state index in [0.29, 0.717) is 37.6 Å². The second-order valence-corrected chi connectivity index (χ2v) is 6.19. The number of pyridine rings is 1. The smallest absolute Gasteiger partial charge is 0.276 e. The van der Waals surface area contributed by atoms with Crippen molar-refractivity contribution in [3.63, 3.8) is 0 Å². The molecule has 24 heavy (non-hydrogen) atoms. The molecule has 1 aromatic heterocycles. The van der Waals surface area contributed by atoms with Gasteiger partial charge in [-0.3, -0.25) is 9.59 Å². The van der Waals surface area contributed by atoms with Gasteiger partial charge in [-0.1, -0.05) is 0 Å². The molecule has 0 bridgehead atoms. The van der Waals surface area contributed by atoms with Crippen LogP contribution in [0.1, 0.15) is 37.2 Å². The van der Waals surface area contributed by atoms with Crippen molar-refractivity contribution in [2.24, 2.45) is 11.7 Å². The minimum absolute atomic E-state index is 0.0439. The lowest BCUT2D eigenvalue weighted by molar-refractivity contribution is -0.126. The highest BCUT2D eigenvalue weighted by molar-refractivity contribution is 5.95. The number of amides is 2. The molecule has 0 spiro atoms. The second kappa shape index (κ2) is 8.63. The highest BCUT2D eigenvalue weighted by Crippen LogP contribution is 2.23. The second-order valence-electron chi connectivity index (χ2n) is 6.19. The quantitative estimate of drug-likeness (QED) is 0.802. The topological polar surface area (TPSA) is 97.5 Å². The van der Waals surface area contributed by atoms with E-state index in [2.05, 4.69) is 10.3 Å². The number of hydrogen-bond acceptors (Lipinski definition) is 5. The Balaban J connectivity index is 2.08. The molecule has 0 aliphatic carbocycles. The molecule has 7 nitrogen and oxygen atoms in total. The van der Waals surface area contributed by atoms with E-state index in [1.165, 1.54) is 0 Å². The molecule has 0 saturated carbocycles. The van der Waals surface area contributed by atoms with Crippen molar-refractivity contribution in [1.82, 2.24) is 15.2 Å². The van der Waals surface area contributed by atoms with E-state index in [4.69, 9.17) is 10.5 Å². The molecule has 7 heteroatoms. The molecule has 2 amide bonds. The normalized spacial score (nSPS) is 17.7. The Morgan fingerprint density at radius 2 is 2.29 bits per heavy atom. The first-order valence-electron chi connectivity index (χ1n) is 8.41. The minimum atomic E-state index is -0.201. The van der Waals surface area contributed by atoms with E-state index < -0.39 is 0 Å². The first-order valence-corrected chi connectivity index (χ1v) is 8.41. The van der Waals surface area contributed by atoms with Gasteiger partial charge >= 0.3 is 0 Å². The van der Waals surface area contributed by atoms with Crippen LogP contribution in [0.2, 0.25) is 0 Å². The van der Waals surface area contributed by atoms with Crippen molar-refractivity contribution in [3.05, 3.63) is 24.0 Å². The zero-order valence-corrected chi connectivity index (χ0v) is 14.3. The molecule has 1 unspecified atom stereocenters. The number of carbonyl (C=O) groups is 2. The van der Waals surface area contributed by atoms with E-state index in [9.17, 15) is 9.59 Å². The number of likely N-dealkylation sites (tertiary alicyclic amines) is 1. The van der Waals surface area contributed by atoms with Gasteiger partial charge in [0.1, 0.15) is 0 Å². The Bertz CT molecular complexity index is 577. The number of aromatic nitrogens is 1. The molecule has 1 atom stereocenters. The van der Waals surface area contributed by atoms with Crippen molar-refractivity contribution in [1.29, 1.82) is 0 Å². The lowest BCUT2D eigenvalue weighted by atomic mass is 9.96. The van der Waals surface area contributed by atoms with Gasteiger partial charge in [0.25, 0.3) is 5.91 Å². The summed E-state index contributed by atoms with van der Waals surface area (Å²) in [6.45, 7) is 5.69. The van der Waals surface area contributed by atoms with E-state index in [-0.39, 0.29) is 23.8 Å². The monoisotopic (exact) mass is 334 g/mol. The Morgan fingerprint density at radius 1 is 1.50 bits per heavy atom. The van der Waals surface area contributed by atoms with Gasteiger partial charge in [0.05, 0.1) is 12.0 Å².